The molecule has 0 aromatic rings. The minimum Gasteiger partial charge on any atom is -0.211 e. The third-order valence-corrected chi connectivity index (χ3v) is 7.10. The summed E-state index contributed by atoms with van der Waals surface area (Å²) in [7, 11) is -1.36. The highest BCUT2D eigenvalue weighted by molar-refractivity contribution is 9.10. The van der Waals surface area contributed by atoms with Crippen LogP contribution >= 0.6 is 15.9 Å². The summed E-state index contributed by atoms with van der Waals surface area (Å²) < 4.78 is 24.7. The first-order valence-electron chi connectivity index (χ1n) is 5.53. The molecule has 2 saturated carbocycles. The molecule has 2 rings (SSSR count). The van der Waals surface area contributed by atoms with Crippen molar-refractivity contribution in [3.05, 3.63) is 0 Å². The Kier molecular flexibility index (Phi) is 3.43. The molecule has 3 atom stereocenters. The van der Waals surface area contributed by atoms with Gasteiger partial charge in [0.05, 0.1) is 0 Å². The lowest BCUT2D eigenvalue weighted by molar-refractivity contribution is 0.281. The van der Waals surface area contributed by atoms with Crippen molar-refractivity contribution < 1.29 is 8.42 Å². The van der Waals surface area contributed by atoms with E-state index < -0.39 is 10.0 Å². The molecule has 88 valence electrons. The Bertz CT molecular complexity index is 330. The van der Waals surface area contributed by atoms with E-state index in [-0.39, 0.29) is 4.66 Å². The number of nitrogens with zero attached hydrogens (tertiary/aromatic N) is 1. The Labute approximate surface area is 100 Å². The molecule has 3 nitrogen and oxygen atoms in total. The van der Waals surface area contributed by atoms with E-state index in [9.17, 15) is 8.42 Å². The van der Waals surface area contributed by atoms with E-state index in [1.54, 1.807) is 7.05 Å². The number of fused-ring (bicyclic) bond motifs is 2. The summed E-state index contributed by atoms with van der Waals surface area (Å²) in [6, 6.07) is 0. The molecule has 2 aliphatic rings. The van der Waals surface area contributed by atoms with Gasteiger partial charge in [-0.2, -0.15) is 0 Å². The van der Waals surface area contributed by atoms with Crippen LogP contribution in [0.2, 0.25) is 0 Å². The quantitative estimate of drug-likeness (QED) is 0.745. The highest BCUT2D eigenvalue weighted by Crippen LogP contribution is 2.48. The van der Waals surface area contributed by atoms with Gasteiger partial charge in [0.25, 0.3) is 0 Å². The van der Waals surface area contributed by atoms with E-state index in [1.807, 2.05) is 0 Å². The monoisotopic (exact) mass is 295 g/mol. The minimum atomic E-state index is -3.05. The van der Waals surface area contributed by atoms with Gasteiger partial charge in [0.2, 0.25) is 10.0 Å². The molecule has 0 aromatic heterocycles. The molecule has 0 radical (unpaired) electrons. The molecular weight excluding hydrogens is 278 g/mol. The molecule has 3 unspecified atom stereocenters. The Morgan fingerprint density at radius 3 is 2.53 bits per heavy atom. The predicted octanol–water partition coefficient (Wildman–Crippen LogP) is 2.04. The van der Waals surface area contributed by atoms with Gasteiger partial charge >= 0.3 is 0 Å². The average molecular weight is 296 g/mol. The number of alkyl halides is 1. The normalized spacial score (nSPS) is 35.3. The van der Waals surface area contributed by atoms with Crippen molar-refractivity contribution in [1.82, 2.24) is 4.31 Å². The number of rotatable bonds is 4. The molecule has 0 spiro atoms. The lowest BCUT2D eigenvalue weighted by Crippen LogP contribution is -2.34. The van der Waals surface area contributed by atoms with Crippen LogP contribution in [0.5, 0.6) is 0 Å². The lowest BCUT2D eigenvalue weighted by Gasteiger charge is -2.26. The summed E-state index contributed by atoms with van der Waals surface area (Å²) in [5.41, 5.74) is 0. The highest BCUT2D eigenvalue weighted by atomic mass is 79.9. The topological polar surface area (TPSA) is 37.4 Å². The zero-order valence-electron chi connectivity index (χ0n) is 9.02. The maximum atomic E-state index is 11.6. The maximum Gasteiger partial charge on any atom is 0.223 e. The van der Waals surface area contributed by atoms with Gasteiger partial charge in [-0.1, -0.05) is 22.4 Å². The lowest BCUT2D eigenvalue weighted by atomic mass is 9.89. The zero-order valence-corrected chi connectivity index (χ0v) is 11.4. The summed E-state index contributed by atoms with van der Waals surface area (Å²) >= 11 is 3.03. The average Bonchev–Trinajstić information content (AvgIpc) is 2.79. The molecule has 2 bridgehead atoms. The number of hydrogen-bond acceptors (Lipinski definition) is 2. The molecule has 0 saturated heterocycles. The van der Waals surface area contributed by atoms with Crippen molar-refractivity contribution in [2.24, 2.45) is 17.8 Å². The van der Waals surface area contributed by atoms with E-state index >= 15 is 0 Å². The van der Waals surface area contributed by atoms with Gasteiger partial charge in [0.1, 0.15) is 4.66 Å². The highest BCUT2D eigenvalue weighted by Gasteiger charge is 2.40. The number of sulfonamides is 1. The van der Waals surface area contributed by atoms with Crippen LogP contribution in [0.25, 0.3) is 0 Å². The molecule has 2 aliphatic carbocycles. The number of hydrogen-bond donors (Lipinski definition) is 0. The fourth-order valence-electron chi connectivity index (χ4n) is 3.13. The Balaban J connectivity index is 1.93. The van der Waals surface area contributed by atoms with Crippen LogP contribution in [0.3, 0.4) is 0 Å². The van der Waals surface area contributed by atoms with Crippen LogP contribution in [0.4, 0.5) is 0 Å². The largest absolute Gasteiger partial charge is 0.223 e. The van der Waals surface area contributed by atoms with Crippen LogP contribution < -0.4 is 0 Å². The predicted molar refractivity (Wildman–Crippen MR) is 64.3 cm³/mol. The zero-order chi connectivity index (χ0) is 11.1. The van der Waals surface area contributed by atoms with Crippen LogP contribution in [-0.4, -0.2) is 31.0 Å². The van der Waals surface area contributed by atoms with Crippen molar-refractivity contribution in [2.45, 2.75) is 25.7 Å². The summed E-state index contributed by atoms with van der Waals surface area (Å²) in [6.07, 6.45) is 5.27. The SMILES string of the molecule is CN(CC1CC2CCC1C2)S(=O)(=O)CBr. The molecule has 0 N–H and O–H groups in total. The van der Waals surface area contributed by atoms with E-state index in [1.165, 1.54) is 30.0 Å². The minimum absolute atomic E-state index is 0.0390. The van der Waals surface area contributed by atoms with E-state index in [2.05, 4.69) is 15.9 Å². The molecule has 0 amide bonds. The van der Waals surface area contributed by atoms with Crippen molar-refractivity contribution in [3.63, 3.8) is 0 Å². The van der Waals surface area contributed by atoms with Crippen molar-refractivity contribution in [3.8, 4) is 0 Å². The first kappa shape index (κ1) is 11.9. The van der Waals surface area contributed by atoms with Gasteiger partial charge in [-0.15, -0.1) is 0 Å². The van der Waals surface area contributed by atoms with Gasteiger partial charge in [-0.25, -0.2) is 12.7 Å². The van der Waals surface area contributed by atoms with Crippen LogP contribution in [0, 0.1) is 17.8 Å². The fraction of sp³-hybridized carbons (Fsp3) is 1.00. The first-order chi connectivity index (χ1) is 7.03. The fourth-order valence-corrected chi connectivity index (χ4v) is 4.76. The Morgan fingerprint density at radius 1 is 1.33 bits per heavy atom. The summed E-state index contributed by atoms with van der Waals surface area (Å²) in [5.74, 6) is 2.30. The molecule has 0 aliphatic heterocycles. The van der Waals surface area contributed by atoms with Gasteiger partial charge in [0, 0.05) is 13.6 Å². The van der Waals surface area contributed by atoms with Gasteiger partial charge in [-0.3, -0.25) is 0 Å². The van der Waals surface area contributed by atoms with Crippen LogP contribution in [0.15, 0.2) is 0 Å². The van der Waals surface area contributed by atoms with Gasteiger partial charge in [-0.05, 0) is 37.0 Å². The molecule has 15 heavy (non-hydrogen) atoms. The second-order valence-corrected chi connectivity index (χ2v) is 8.32. The molecule has 5 heteroatoms. The third kappa shape index (κ3) is 2.39. The van der Waals surface area contributed by atoms with Crippen LogP contribution in [-0.2, 0) is 10.0 Å². The smallest absolute Gasteiger partial charge is 0.211 e. The standard InChI is InChI=1S/C10H18BrNO2S/c1-12(15(13,14)7-11)6-10-5-8-2-3-9(10)4-8/h8-10H,2-7H2,1H3. The number of halogens is 1. The third-order valence-electron chi connectivity index (χ3n) is 3.99. The van der Waals surface area contributed by atoms with E-state index in [4.69, 9.17) is 0 Å². The maximum absolute atomic E-state index is 11.6. The van der Waals surface area contributed by atoms with Crippen molar-refractivity contribution in [2.75, 3.05) is 18.3 Å². The molecular formula is C10H18BrNO2S. The summed E-state index contributed by atoms with van der Waals surface area (Å²) in [5, 5.41) is 0. The van der Waals surface area contributed by atoms with Crippen molar-refractivity contribution >= 4 is 26.0 Å². The molecule has 0 aromatic carbocycles. The second kappa shape index (κ2) is 4.34. The Hall–Kier alpha value is 0.390. The molecule has 0 heterocycles. The summed E-state index contributed by atoms with van der Waals surface area (Å²) in [6.45, 7) is 0.717. The van der Waals surface area contributed by atoms with Crippen molar-refractivity contribution in [1.29, 1.82) is 0 Å². The Morgan fingerprint density at radius 2 is 2.07 bits per heavy atom. The van der Waals surface area contributed by atoms with Gasteiger partial charge in [0.15, 0.2) is 0 Å². The first-order valence-corrected chi connectivity index (χ1v) is 8.26. The summed E-state index contributed by atoms with van der Waals surface area (Å²) in [4.78, 5) is 0. The van der Waals surface area contributed by atoms with Gasteiger partial charge < -0.3 is 0 Å². The second-order valence-electron chi connectivity index (χ2n) is 4.94. The van der Waals surface area contributed by atoms with E-state index in [0.29, 0.717) is 5.92 Å². The van der Waals surface area contributed by atoms with Crippen LogP contribution in [0.1, 0.15) is 25.7 Å². The van der Waals surface area contributed by atoms with E-state index in [0.717, 1.165) is 18.4 Å². The molecule has 2 fully saturated rings.